The third kappa shape index (κ3) is 8.32. The highest BCUT2D eigenvalue weighted by Gasteiger charge is 2.20. The van der Waals surface area contributed by atoms with Crippen molar-refractivity contribution < 1.29 is 14.3 Å². The lowest BCUT2D eigenvalue weighted by atomic mass is 10.1. The Morgan fingerprint density at radius 3 is 2.17 bits per heavy atom. The first kappa shape index (κ1) is 30.6. The van der Waals surface area contributed by atoms with Crippen LogP contribution in [0.2, 0.25) is 0 Å². The Morgan fingerprint density at radius 2 is 1.56 bits per heavy atom. The number of carbonyl (C=O) groups is 2. The molecular formula is C33H47N5O3. The van der Waals surface area contributed by atoms with E-state index in [-0.39, 0.29) is 11.9 Å². The van der Waals surface area contributed by atoms with Gasteiger partial charge in [-0.1, -0.05) is 27.7 Å². The minimum absolute atomic E-state index is 0.0888. The highest BCUT2D eigenvalue weighted by atomic mass is 16.5. The Morgan fingerprint density at radius 1 is 0.927 bits per heavy atom. The first-order valence-corrected chi connectivity index (χ1v) is 15.2. The number of hydrogen-bond acceptors (Lipinski definition) is 6. The van der Waals surface area contributed by atoms with E-state index in [9.17, 15) is 9.59 Å². The van der Waals surface area contributed by atoms with Gasteiger partial charge in [-0.25, -0.2) is 9.78 Å². The summed E-state index contributed by atoms with van der Waals surface area (Å²) in [6.45, 7) is 14.5. The van der Waals surface area contributed by atoms with Crippen LogP contribution in [0.25, 0.3) is 11.0 Å². The number of esters is 1. The Hall–Kier alpha value is -3.39. The van der Waals surface area contributed by atoms with E-state index in [0.717, 1.165) is 68.1 Å². The number of amides is 1. The number of imidazole rings is 1. The third-order valence-electron chi connectivity index (χ3n) is 7.85. The zero-order chi connectivity index (χ0) is 29.4. The largest absolute Gasteiger partial charge is 0.465 e. The standard InChI is InChI=1S/C33H47N5O3/c1-24(2)15-21-37(22-16-25(3)4)31(39)27-11-14-29-30(23-27)38(20-8-19-36-17-6-7-18-36)33(35-29)34-28-12-9-26(10-13-28)32(40)41-5/h9-14,23-25H,6-8,15-22H2,1-5H3,(H,34,35). The number of likely N-dealkylation sites (tertiary alicyclic amines) is 1. The van der Waals surface area contributed by atoms with Gasteiger partial charge < -0.3 is 24.4 Å². The van der Waals surface area contributed by atoms with Crippen LogP contribution in [0.3, 0.4) is 0 Å². The molecule has 4 rings (SSSR count). The predicted octanol–water partition coefficient (Wildman–Crippen LogP) is 6.59. The molecule has 2 heterocycles. The fraction of sp³-hybridized carbons (Fsp3) is 0.545. The van der Waals surface area contributed by atoms with Crippen molar-refractivity contribution in [3.63, 3.8) is 0 Å². The van der Waals surface area contributed by atoms with Gasteiger partial charge in [-0.2, -0.15) is 0 Å². The second-order valence-corrected chi connectivity index (χ2v) is 12.0. The van der Waals surface area contributed by atoms with Crippen molar-refractivity contribution in [3.05, 3.63) is 53.6 Å². The summed E-state index contributed by atoms with van der Waals surface area (Å²) in [4.78, 5) is 35.1. The molecule has 2 aromatic carbocycles. The maximum atomic E-state index is 13.8. The zero-order valence-electron chi connectivity index (χ0n) is 25.5. The summed E-state index contributed by atoms with van der Waals surface area (Å²) in [5, 5.41) is 3.45. The number of ether oxygens (including phenoxy) is 1. The van der Waals surface area contributed by atoms with Gasteiger partial charge in [0, 0.05) is 30.9 Å². The van der Waals surface area contributed by atoms with Crippen molar-refractivity contribution in [2.45, 2.75) is 66.3 Å². The van der Waals surface area contributed by atoms with Crippen LogP contribution < -0.4 is 5.32 Å². The lowest BCUT2D eigenvalue weighted by molar-refractivity contribution is 0.0600. The second-order valence-electron chi connectivity index (χ2n) is 12.0. The van der Waals surface area contributed by atoms with Crippen molar-refractivity contribution in [3.8, 4) is 0 Å². The van der Waals surface area contributed by atoms with E-state index in [4.69, 9.17) is 9.72 Å². The Balaban J connectivity index is 1.62. The molecule has 1 aromatic heterocycles. The molecule has 0 bridgehead atoms. The van der Waals surface area contributed by atoms with Crippen LogP contribution in [0, 0.1) is 11.8 Å². The van der Waals surface area contributed by atoms with Gasteiger partial charge in [0.05, 0.1) is 23.7 Å². The van der Waals surface area contributed by atoms with E-state index in [0.29, 0.717) is 23.0 Å². The highest BCUT2D eigenvalue weighted by Crippen LogP contribution is 2.26. The molecule has 8 nitrogen and oxygen atoms in total. The maximum Gasteiger partial charge on any atom is 0.337 e. The number of carbonyl (C=O) groups excluding carboxylic acids is 2. The number of anilines is 2. The predicted molar refractivity (Wildman–Crippen MR) is 166 cm³/mol. The third-order valence-corrected chi connectivity index (χ3v) is 7.85. The first-order valence-electron chi connectivity index (χ1n) is 15.2. The molecule has 1 aliphatic heterocycles. The Labute approximate surface area is 245 Å². The van der Waals surface area contributed by atoms with E-state index >= 15 is 0 Å². The molecule has 8 heteroatoms. The fourth-order valence-corrected chi connectivity index (χ4v) is 5.30. The van der Waals surface area contributed by atoms with Gasteiger partial charge in [0.1, 0.15) is 0 Å². The number of aromatic nitrogens is 2. The minimum Gasteiger partial charge on any atom is -0.465 e. The number of rotatable bonds is 14. The summed E-state index contributed by atoms with van der Waals surface area (Å²) in [5.41, 5.74) is 3.85. The number of nitrogens with one attached hydrogen (secondary N) is 1. The van der Waals surface area contributed by atoms with Crippen LogP contribution in [0.15, 0.2) is 42.5 Å². The SMILES string of the molecule is COC(=O)c1ccc(Nc2nc3ccc(C(=O)N(CCC(C)C)CCC(C)C)cc3n2CCCN2CCCC2)cc1. The van der Waals surface area contributed by atoms with E-state index in [1.54, 1.807) is 12.1 Å². The molecule has 41 heavy (non-hydrogen) atoms. The van der Waals surface area contributed by atoms with Crippen molar-refractivity contribution in [1.29, 1.82) is 0 Å². The van der Waals surface area contributed by atoms with Gasteiger partial charge >= 0.3 is 5.97 Å². The summed E-state index contributed by atoms with van der Waals surface area (Å²) in [6.07, 6.45) is 5.52. The number of fused-ring (bicyclic) bond motifs is 1. The molecule has 0 aliphatic carbocycles. The summed E-state index contributed by atoms with van der Waals surface area (Å²) < 4.78 is 7.03. The first-order chi connectivity index (χ1) is 19.7. The van der Waals surface area contributed by atoms with Gasteiger partial charge in [-0.3, -0.25) is 4.79 Å². The minimum atomic E-state index is -0.362. The van der Waals surface area contributed by atoms with Crippen LogP contribution in [-0.2, 0) is 11.3 Å². The van der Waals surface area contributed by atoms with Crippen LogP contribution in [-0.4, -0.2) is 71.1 Å². The second kappa shape index (κ2) is 14.5. The molecule has 0 saturated carbocycles. The smallest absolute Gasteiger partial charge is 0.337 e. The van der Waals surface area contributed by atoms with Gasteiger partial charge in [-0.05, 0) is 106 Å². The Bertz CT molecular complexity index is 1280. The molecule has 1 N–H and O–H groups in total. The van der Waals surface area contributed by atoms with Crippen LogP contribution in [0.1, 0.15) is 80.5 Å². The van der Waals surface area contributed by atoms with Crippen LogP contribution >= 0.6 is 0 Å². The van der Waals surface area contributed by atoms with E-state index < -0.39 is 0 Å². The van der Waals surface area contributed by atoms with E-state index in [2.05, 4.69) is 42.5 Å². The van der Waals surface area contributed by atoms with E-state index in [1.165, 1.54) is 33.0 Å². The van der Waals surface area contributed by atoms with Gasteiger partial charge in [0.15, 0.2) is 0 Å². The number of benzene rings is 2. The molecule has 0 unspecified atom stereocenters. The quantitative estimate of drug-likeness (QED) is 0.224. The lowest BCUT2D eigenvalue weighted by Crippen LogP contribution is -2.34. The summed E-state index contributed by atoms with van der Waals surface area (Å²) in [5.74, 6) is 1.54. The molecule has 0 atom stereocenters. The van der Waals surface area contributed by atoms with Gasteiger partial charge in [0.2, 0.25) is 5.95 Å². The van der Waals surface area contributed by atoms with Crippen LogP contribution in [0.4, 0.5) is 11.6 Å². The maximum absolute atomic E-state index is 13.8. The summed E-state index contributed by atoms with van der Waals surface area (Å²) >= 11 is 0. The lowest BCUT2D eigenvalue weighted by Gasteiger charge is -2.25. The number of methoxy groups -OCH3 is 1. The van der Waals surface area contributed by atoms with Crippen molar-refractivity contribution in [1.82, 2.24) is 19.4 Å². The molecule has 3 aromatic rings. The summed E-state index contributed by atoms with van der Waals surface area (Å²) in [7, 11) is 1.38. The normalized spacial score (nSPS) is 13.8. The number of hydrogen-bond donors (Lipinski definition) is 1. The Kier molecular flexibility index (Phi) is 10.8. The molecule has 1 fully saturated rings. The van der Waals surface area contributed by atoms with Crippen LogP contribution in [0.5, 0.6) is 0 Å². The van der Waals surface area contributed by atoms with Gasteiger partial charge in [0.25, 0.3) is 5.91 Å². The molecular weight excluding hydrogens is 514 g/mol. The topological polar surface area (TPSA) is 79.7 Å². The number of aryl methyl sites for hydroxylation is 1. The number of nitrogens with zero attached hydrogens (tertiary/aromatic N) is 4. The monoisotopic (exact) mass is 561 g/mol. The zero-order valence-corrected chi connectivity index (χ0v) is 25.5. The highest BCUT2D eigenvalue weighted by molar-refractivity contribution is 5.98. The van der Waals surface area contributed by atoms with Gasteiger partial charge in [-0.15, -0.1) is 0 Å². The molecule has 222 valence electrons. The fourth-order valence-electron chi connectivity index (χ4n) is 5.30. The molecule has 1 aliphatic rings. The molecule has 1 saturated heterocycles. The molecule has 0 radical (unpaired) electrons. The summed E-state index contributed by atoms with van der Waals surface area (Å²) in [6, 6.07) is 13.1. The van der Waals surface area contributed by atoms with E-state index in [1.807, 2.05) is 35.2 Å². The van der Waals surface area contributed by atoms with Crippen molar-refractivity contribution in [2.24, 2.45) is 11.8 Å². The average Bonchev–Trinajstić information content (AvgIpc) is 3.60. The average molecular weight is 562 g/mol. The molecule has 0 spiro atoms. The van der Waals surface area contributed by atoms with Crippen molar-refractivity contribution in [2.75, 3.05) is 45.2 Å². The molecule has 1 amide bonds. The van der Waals surface area contributed by atoms with Crippen molar-refractivity contribution >= 4 is 34.5 Å².